The lowest BCUT2D eigenvalue weighted by Crippen LogP contribution is -2.35. The average molecular weight is 220 g/mol. The molecule has 0 saturated carbocycles. The molecule has 0 saturated heterocycles. The van der Waals surface area contributed by atoms with Crippen LogP contribution in [0.2, 0.25) is 0 Å². The van der Waals surface area contributed by atoms with Crippen LogP contribution in [0.3, 0.4) is 0 Å². The van der Waals surface area contributed by atoms with Gasteiger partial charge < -0.3 is 10.2 Å². The van der Waals surface area contributed by atoms with Crippen LogP contribution in [0.25, 0.3) is 0 Å². The third-order valence-electron chi connectivity index (χ3n) is 3.26. The normalized spacial score (nSPS) is 23.2. The van der Waals surface area contributed by atoms with Gasteiger partial charge in [0.15, 0.2) is 0 Å². The van der Waals surface area contributed by atoms with Crippen molar-refractivity contribution in [1.82, 2.24) is 4.98 Å². The third kappa shape index (κ3) is 1.54. The molecule has 1 atom stereocenters. The van der Waals surface area contributed by atoms with Crippen molar-refractivity contribution in [3.05, 3.63) is 28.6 Å². The number of hydrogen-bond acceptors (Lipinski definition) is 4. The molecular weight excluding hydrogens is 204 g/mol. The van der Waals surface area contributed by atoms with Gasteiger partial charge in [0.2, 0.25) is 0 Å². The number of rotatable bonds is 2. The molecule has 0 aromatic carbocycles. The van der Waals surface area contributed by atoms with Crippen molar-refractivity contribution in [3.8, 4) is 0 Å². The van der Waals surface area contributed by atoms with Gasteiger partial charge in [0.1, 0.15) is 0 Å². The van der Waals surface area contributed by atoms with Gasteiger partial charge >= 0.3 is 0 Å². The maximum absolute atomic E-state index is 9.47. The summed E-state index contributed by atoms with van der Waals surface area (Å²) in [6, 6.07) is 0. The van der Waals surface area contributed by atoms with Crippen LogP contribution < -0.4 is 0 Å². The number of aliphatic hydroxyl groups excluding tert-OH is 2. The molecular formula is C12H16N2O2. The number of pyridine rings is 1. The summed E-state index contributed by atoms with van der Waals surface area (Å²) in [4.78, 5) is 8.54. The van der Waals surface area contributed by atoms with Crippen molar-refractivity contribution in [2.24, 2.45) is 4.99 Å². The van der Waals surface area contributed by atoms with Crippen LogP contribution in [0.4, 0.5) is 0 Å². The lowest BCUT2D eigenvalue weighted by Gasteiger charge is -2.31. The number of hydrogen-bond donors (Lipinski definition) is 2. The predicted octanol–water partition coefficient (Wildman–Crippen LogP) is 0.565. The second kappa shape index (κ2) is 3.96. The van der Waals surface area contributed by atoms with E-state index in [1.807, 2.05) is 13.8 Å². The summed E-state index contributed by atoms with van der Waals surface area (Å²) in [5.41, 5.74) is 3.13. The fraction of sp³-hybridized carbons (Fsp3) is 0.500. The highest BCUT2D eigenvalue weighted by atomic mass is 16.3. The molecule has 2 N–H and O–H groups in total. The molecule has 1 aromatic rings. The minimum absolute atomic E-state index is 0.0347. The topological polar surface area (TPSA) is 65.7 Å². The van der Waals surface area contributed by atoms with Gasteiger partial charge in [0.05, 0.1) is 19.8 Å². The lowest BCUT2D eigenvalue weighted by molar-refractivity contribution is 0.208. The highest BCUT2D eigenvalue weighted by molar-refractivity contribution is 5.86. The number of aryl methyl sites for hydroxylation is 1. The van der Waals surface area contributed by atoms with Gasteiger partial charge in [-0.3, -0.25) is 9.98 Å². The molecule has 0 bridgehead atoms. The molecule has 0 radical (unpaired) electrons. The van der Waals surface area contributed by atoms with Crippen LogP contribution in [-0.4, -0.2) is 34.6 Å². The van der Waals surface area contributed by atoms with Crippen LogP contribution in [0.15, 0.2) is 11.2 Å². The monoisotopic (exact) mass is 220 g/mol. The Morgan fingerprint density at radius 1 is 1.44 bits per heavy atom. The van der Waals surface area contributed by atoms with Crippen LogP contribution >= 0.6 is 0 Å². The fourth-order valence-corrected chi connectivity index (χ4v) is 2.05. The predicted molar refractivity (Wildman–Crippen MR) is 61.8 cm³/mol. The standard InChI is InChI=1S/C12H16N2O2/c1-8-10(5-15)9-3-13-6-12(2,7-16)11(9)4-14-8/h3-4,15-16H,5-7H2,1-2H3. The summed E-state index contributed by atoms with van der Waals surface area (Å²) >= 11 is 0. The second-order valence-electron chi connectivity index (χ2n) is 4.50. The van der Waals surface area contributed by atoms with Gasteiger partial charge in [0, 0.05) is 34.6 Å². The summed E-state index contributed by atoms with van der Waals surface area (Å²) in [5, 5.41) is 18.8. The zero-order chi connectivity index (χ0) is 11.8. The Labute approximate surface area is 94.7 Å². The van der Waals surface area contributed by atoms with Crippen molar-refractivity contribution in [3.63, 3.8) is 0 Å². The van der Waals surface area contributed by atoms with Crippen LogP contribution in [0.1, 0.15) is 29.3 Å². The van der Waals surface area contributed by atoms with Crippen molar-refractivity contribution < 1.29 is 10.2 Å². The molecule has 1 unspecified atom stereocenters. The molecule has 0 fully saturated rings. The first-order valence-corrected chi connectivity index (χ1v) is 5.33. The van der Waals surface area contributed by atoms with Gasteiger partial charge in [-0.25, -0.2) is 0 Å². The molecule has 2 heterocycles. The molecule has 1 aliphatic heterocycles. The van der Waals surface area contributed by atoms with Crippen LogP contribution in [0.5, 0.6) is 0 Å². The van der Waals surface area contributed by atoms with E-state index in [2.05, 4.69) is 9.98 Å². The zero-order valence-electron chi connectivity index (χ0n) is 9.56. The van der Waals surface area contributed by atoms with Gasteiger partial charge in [0.25, 0.3) is 0 Å². The molecule has 0 amide bonds. The first kappa shape index (κ1) is 11.2. The van der Waals surface area contributed by atoms with Crippen molar-refractivity contribution in [1.29, 1.82) is 0 Å². The first-order chi connectivity index (χ1) is 7.62. The van der Waals surface area contributed by atoms with Crippen molar-refractivity contribution in [2.75, 3.05) is 13.2 Å². The Morgan fingerprint density at radius 3 is 2.81 bits per heavy atom. The largest absolute Gasteiger partial charge is 0.395 e. The minimum Gasteiger partial charge on any atom is -0.395 e. The Kier molecular flexibility index (Phi) is 2.78. The first-order valence-electron chi connectivity index (χ1n) is 5.33. The van der Waals surface area contributed by atoms with E-state index in [0.29, 0.717) is 6.54 Å². The summed E-state index contributed by atoms with van der Waals surface area (Å²) in [6.07, 6.45) is 3.55. The Hall–Kier alpha value is -1.26. The Balaban J connectivity index is 2.65. The summed E-state index contributed by atoms with van der Waals surface area (Å²) in [5.74, 6) is 0. The molecule has 1 aromatic heterocycles. The number of nitrogens with zero attached hydrogens (tertiary/aromatic N) is 2. The fourth-order valence-electron chi connectivity index (χ4n) is 2.05. The lowest BCUT2D eigenvalue weighted by atomic mass is 9.79. The van der Waals surface area contributed by atoms with Gasteiger partial charge in [-0.2, -0.15) is 0 Å². The summed E-state index contributed by atoms with van der Waals surface area (Å²) in [6.45, 7) is 4.37. The van der Waals surface area contributed by atoms with E-state index in [1.165, 1.54) is 0 Å². The van der Waals surface area contributed by atoms with E-state index in [0.717, 1.165) is 22.4 Å². The Morgan fingerprint density at radius 2 is 2.19 bits per heavy atom. The highest BCUT2D eigenvalue weighted by Crippen LogP contribution is 2.31. The maximum Gasteiger partial charge on any atom is 0.0706 e. The SMILES string of the molecule is Cc1ncc2c(c1CO)C=NCC2(C)CO. The van der Waals surface area contributed by atoms with E-state index in [1.54, 1.807) is 12.4 Å². The molecule has 4 heteroatoms. The molecule has 86 valence electrons. The third-order valence-corrected chi connectivity index (χ3v) is 3.26. The van der Waals surface area contributed by atoms with Gasteiger partial charge in [-0.05, 0) is 12.5 Å². The zero-order valence-corrected chi connectivity index (χ0v) is 9.56. The van der Waals surface area contributed by atoms with Gasteiger partial charge in [-0.15, -0.1) is 0 Å². The number of aliphatic imine (C=N–C) groups is 1. The van der Waals surface area contributed by atoms with E-state index >= 15 is 0 Å². The molecule has 4 nitrogen and oxygen atoms in total. The molecule has 2 rings (SSSR count). The van der Waals surface area contributed by atoms with E-state index in [4.69, 9.17) is 0 Å². The maximum atomic E-state index is 9.47. The smallest absolute Gasteiger partial charge is 0.0706 e. The quantitative estimate of drug-likeness (QED) is 0.765. The molecule has 0 aliphatic carbocycles. The molecule has 0 spiro atoms. The van der Waals surface area contributed by atoms with Crippen molar-refractivity contribution >= 4 is 6.21 Å². The number of fused-ring (bicyclic) bond motifs is 1. The minimum atomic E-state index is -0.380. The Bertz CT molecular complexity index is 443. The van der Waals surface area contributed by atoms with Crippen molar-refractivity contribution in [2.45, 2.75) is 25.9 Å². The van der Waals surface area contributed by atoms with E-state index in [9.17, 15) is 10.2 Å². The average Bonchev–Trinajstić information content (AvgIpc) is 2.29. The van der Waals surface area contributed by atoms with Crippen LogP contribution in [0, 0.1) is 6.92 Å². The molecule has 1 aliphatic rings. The number of aliphatic hydroxyl groups is 2. The van der Waals surface area contributed by atoms with E-state index < -0.39 is 0 Å². The summed E-state index contributed by atoms with van der Waals surface area (Å²) in [7, 11) is 0. The van der Waals surface area contributed by atoms with E-state index in [-0.39, 0.29) is 18.6 Å². The molecule has 16 heavy (non-hydrogen) atoms. The van der Waals surface area contributed by atoms with Gasteiger partial charge in [-0.1, -0.05) is 6.92 Å². The summed E-state index contributed by atoms with van der Waals surface area (Å²) < 4.78 is 0. The highest BCUT2D eigenvalue weighted by Gasteiger charge is 2.32. The second-order valence-corrected chi connectivity index (χ2v) is 4.50. The number of aromatic nitrogens is 1. The van der Waals surface area contributed by atoms with Crippen LogP contribution in [-0.2, 0) is 12.0 Å².